The minimum Gasteiger partial charge on any atom is -0.316 e. The summed E-state index contributed by atoms with van der Waals surface area (Å²) in [6.07, 6.45) is 7.45. The molecule has 6 heteroatoms. The average molecular weight is 291 g/mol. The van der Waals surface area contributed by atoms with Gasteiger partial charge in [-0.1, -0.05) is 31.1 Å². The van der Waals surface area contributed by atoms with Gasteiger partial charge in [0.1, 0.15) is 5.01 Å². The molecule has 2 fully saturated rings. The molecule has 0 radical (unpaired) electrons. The molecule has 1 saturated carbocycles. The van der Waals surface area contributed by atoms with Crippen molar-refractivity contribution in [3.8, 4) is 0 Å². The summed E-state index contributed by atoms with van der Waals surface area (Å²) in [6.45, 7) is 4.42. The van der Waals surface area contributed by atoms with Crippen LogP contribution in [-0.4, -0.2) is 32.9 Å². The van der Waals surface area contributed by atoms with Gasteiger partial charge in [-0.05, 0) is 32.2 Å². The van der Waals surface area contributed by atoms with E-state index in [2.05, 4.69) is 22.4 Å². The maximum absolute atomic E-state index is 4.91. The van der Waals surface area contributed by atoms with E-state index < -0.39 is 0 Å². The van der Waals surface area contributed by atoms with Gasteiger partial charge >= 0.3 is 0 Å². The molecule has 2 aliphatic rings. The standard InChI is InChI=1S/C14H21N5S/c1-2-14(7-8-15-9-14)12-18-19-11(10-5-3-4-6-10)16-17-13(19)20-12/h10,15H,2-9H2,1H3. The Morgan fingerprint density at radius 2 is 2.20 bits per heavy atom. The lowest BCUT2D eigenvalue weighted by molar-refractivity contribution is 0.444. The molecule has 20 heavy (non-hydrogen) atoms. The summed E-state index contributed by atoms with van der Waals surface area (Å²) in [5.41, 5.74) is 0.221. The van der Waals surface area contributed by atoms with Crippen molar-refractivity contribution in [2.75, 3.05) is 13.1 Å². The molecule has 0 aromatic carbocycles. The highest BCUT2D eigenvalue weighted by atomic mass is 32.1. The second-order valence-electron chi connectivity index (χ2n) is 6.20. The summed E-state index contributed by atoms with van der Waals surface area (Å²) >= 11 is 1.74. The number of hydrogen-bond donors (Lipinski definition) is 1. The molecule has 5 nitrogen and oxygen atoms in total. The number of nitrogens with one attached hydrogen (secondary N) is 1. The molecule has 108 valence electrons. The molecule has 1 aliphatic heterocycles. The van der Waals surface area contributed by atoms with E-state index in [9.17, 15) is 0 Å². The van der Waals surface area contributed by atoms with Crippen LogP contribution in [0, 0.1) is 0 Å². The van der Waals surface area contributed by atoms with Crippen molar-refractivity contribution in [2.24, 2.45) is 0 Å². The van der Waals surface area contributed by atoms with Gasteiger partial charge < -0.3 is 5.32 Å². The second kappa shape index (κ2) is 4.77. The Bertz CT molecular complexity index is 604. The number of fused-ring (bicyclic) bond motifs is 1. The number of aromatic nitrogens is 4. The van der Waals surface area contributed by atoms with Crippen LogP contribution in [0.25, 0.3) is 4.96 Å². The predicted octanol–water partition coefficient (Wildman–Crippen LogP) is 2.48. The maximum Gasteiger partial charge on any atom is 0.234 e. The van der Waals surface area contributed by atoms with Crippen LogP contribution in [0.15, 0.2) is 0 Å². The van der Waals surface area contributed by atoms with Crippen molar-refractivity contribution >= 4 is 16.3 Å². The fraction of sp³-hybridized carbons (Fsp3) is 0.786. The highest BCUT2D eigenvalue weighted by Gasteiger charge is 2.38. The van der Waals surface area contributed by atoms with Gasteiger partial charge in [0.25, 0.3) is 0 Å². The van der Waals surface area contributed by atoms with Crippen LogP contribution in [0.3, 0.4) is 0 Å². The zero-order chi connectivity index (χ0) is 13.6. The number of hydrogen-bond acceptors (Lipinski definition) is 5. The van der Waals surface area contributed by atoms with E-state index in [1.54, 1.807) is 11.3 Å². The Balaban J connectivity index is 1.75. The van der Waals surface area contributed by atoms with Gasteiger partial charge in [-0.25, -0.2) is 0 Å². The Hall–Kier alpha value is -1.01. The summed E-state index contributed by atoms with van der Waals surface area (Å²) in [4.78, 5) is 0.974. The maximum atomic E-state index is 4.91. The van der Waals surface area contributed by atoms with Crippen molar-refractivity contribution in [3.05, 3.63) is 10.8 Å². The zero-order valence-electron chi connectivity index (χ0n) is 11.9. The molecule has 2 aromatic heterocycles. The minimum atomic E-state index is 0.221. The van der Waals surface area contributed by atoms with Crippen LogP contribution in [-0.2, 0) is 5.41 Å². The third-order valence-electron chi connectivity index (χ3n) is 5.11. The van der Waals surface area contributed by atoms with Gasteiger partial charge in [-0.15, -0.1) is 10.2 Å². The molecule has 2 aromatic rings. The monoisotopic (exact) mass is 291 g/mol. The first-order chi connectivity index (χ1) is 9.82. The molecule has 0 bridgehead atoms. The van der Waals surface area contributed by atoms with E-state index in [0.717, 1.165) is 30.3 Å². The van der Waals surface area contributed by atoms with Crippen molar-refractivity contribution < 1.29 is 0 Å². The van der Waals surface area contributed by atoms with E-state index in [1.807, 2.05) is 4.52 Å². The molecule has 4 rings (SSSR count). The highest BCUT2D eigenvalue weighted by Crippen LogP contribution is 2.38. The molecule has 1 aliphatic carbocycles. The van der Waals surface area contributed by atoms with Crippen LogP contribution in [0.2, 0.25) is 0 Å². The smallest absolute Gasteiger partial charge is 0.234 e. The Labute approximate surface area is 122 Å². The fourth-order valence-corrected chi connectivity index (χ4v) is 4.80. The van der Waals surface area contributed by atoms with Crippen LogP contribution in [0.1, 0.15) is 62.2 Å². The molecule has 1 unspecified atom stereocenters. The van der Waals surface area contributed by atoms with E-state index in [1.165, 1.54) is 37.1 Å². The molecular weight excluding hydrogens is 270 g/mol. The quantitative estimate of drug-likeness (QED) is 0.944. The third-order valence-corrected chi connectivity index (χ3v) is 6.25. The largest absolute Gasteiger partial charge is 0.316 e. The Morgan fingerprint density at radius 3 is 2.90 bits per heavy atom. The van der Waals surface area contributed by atoms with Gasteiger partial charge in [0, 0.05) is 17.9 Å². The average Bonchev–Trinajstić information content (AvgIpc) is 3.21. The summed E-state index contributed by atoms with van der Waals surface area (Å²) in [7, 11) is 0. The SMILES string of the molecule is CCC1(c2nn3c(C4CCCC4)nnc3s2)CCNC1. The lowest BCUT2D eigenvalue weighted by Crippen LogP contribution is -2.28. The van der Waals surface area contributed by atoms with Crippen molar-refractivity contribution in [1.82, 2.24) is 25.1 Å². The summed E-state index contributed by atoms with van der Waals surface area (Å²) in [6, 6.07) is 0. The molecule has 0 spiro atoms. The van der Waals surface area contributed by atoms with Gasteiger partial charge in [0.2, 0.25) is 4.96 Å². The lowest BCUT2D eigenvalue weighted by Gasteiger charge is -2.22. The lowest BCUT2D eigenvalue weighted by atomic mass is 9.85. The molecule has 1 N–H and O–H groups in total. The van der Waals surface area contributed by atoms with Crippen LogP contribution >= 0.6 is 11.3 Å². The molecule has 0 amide bonds. The van der Waals surface area contributed by atoms with Crippen LogP contribution < -0.4 is 5.32 Å². The van der Waals surface area contributed by atoms with Gasteiger partial charge in [-0.2, -0.15) is 9.61 Å². The molecular formula is C14H21N5S. The topological polar surface area (TPSA) is 55.1 Å². The fourth-order valence-electron chi connectivity index (χ4n) is 3.66. The van der Waals surface area contributed by atoms with E-state index >= 15 is 0 Å². The first kappa shape index (κ1) is 12.7. The Kier molecular flexibility index (Phi) is 3.03. The van der Waals surface area contributed by atoms with Crippen molar-refractivity contribution in [3.63, 3.8) is 0 Å². The normalized spacial score (nSPS) is 27.9. The summed E-state index contributed by atoms with van der Waals surface area (Å²) in [5, 5.41) is 18.4. The van der Waals surface area contributed by atoms with Gasteiger partial charge in [-0.3, -0.25) is 0 Å². The minimum absolute atomic E-state index is 0.221. The molecule has 3 heterocycles. The van der Waals surface area contributed by atoms with Gasteiger partial charge in [0.05, 0.1) is 0 Å². The third kappa shape index (κ3) is 1.81. The number of nitrogens with zero attached hydrogens (tertiary/aromatic N) is 4. The first-order valence-corrected chi connectivity index (χ1v) is 8.57. The van der Waals surface area contributed by atoms with Crippen LogP contribution in [0.5, 0.6) is 0 Å². The predicted molar refractivity (Wildman–Crippen MR) is 79.3 cm³/mol. The zero-order valence-corrected chi connectivity index (χ0v) is 12.7. The van der Waals surface area contributed by atoms with E-state index in [-0.39, 0.29) is 5.41 Å². The molecule has 1 atom stereocenters. The highest BCUT2D eigenvalue weighted by molar-refractivity contribution is 7.16. The van der Waals surface area contributed by atoms with Gasteiger partial charge in [0.15, 0.2) is 5.82 Å². The van der Waals surface area contributed by atoms with E-state index in [0.29, 0.717) is 5.92 Å². The van der Waals surface area contributed by atoms with Crippen molar-refractivity contribution in [1.29, 1.82) is 0 Å². The summed E-state index contributed by atoms with van der Waals surface area (Å²) in [5.74, 6) is 1.66. The summed E-state index contributed by atoms with van der Waals surface area (Å²) < 4.78 is 2.03. The van der Waals surface area contributed by atoms with Crippen LogP contribution in [0.4, 0.5) is 0 Å². The number of rotatable bonds is 3. The molecule has 1 saturated heterocycles. The van der Waals surface area contributed by atoms with E-state index in [4.69, 9.17) is 5.10 Å². The second-order valence-corrected chi connectivity index (χ2v) is 7.16. The Morgan fingerprint density at radius 1 is 1.35 bits per heavy atom. The first-order valence-electron chi connectivity index (χ1n) is 7.76. The van der Waals surface area contributed by atoms with Crippen molar-refractivity contribution in [2.45, 2.75) is 56.8 Å².